The molecule has 0 radical (unpaired) electrons. The van der Waals surface area contributed by atoms with Gasteiger partial charge >= 0.3 is 11.9 Å². The topological polar surface area (TPSA) is 81.7 Å². The van der Waals surface area contributed by atoms with Gasteiger partial charge in [0.15, 0.2) is 6.61 Å². The molecule has 0 aromatic heterocycles. The Kier molecular flexibility index (Phi) is 8.48. The second-order valence-corrected chi connectivity index (χ2v) is 9.69. The van der Waals surface area contributed by atoms with E-state index in [1.54, 1.807) is 24.3 Å². The van der Waals surface area contributed by atoms with Gasteiger partial charge in [-0.05, 0) is 73.8 Å². The van der Waals surface area contributed by atoms with E-state index in [0.29, 0.717) is 23.4 Å². The molecule has 6 heteroatoms. The Morgan fingerprint density at radius 3 is 2.32 bits per heavy atom. The minimum atomic E-state index is -0.735. The molecule has 0 saturated heterocycles. The first kappa shape index (κ1) is 25.5. The highest BCUT2D eigenvalue weighted by molar-refractivity contribution is 6.04. The van der Waals surface area contributed by atoms with Crippen LogP contribution in [0.5, 0.6) is 0 Å². The Hall–Kier alpha value is -3.15. The number of nitrogens with one attached hydrogen (secondary N) is 1. The molecule has 2 aromatic rings. The summed E-state index contributed by atoms with van der Waals surface area (Å²) >= 11 is 0. The maximum absolute atomic E-state index is 13.1. The van der Waals surface area contributed by atoms with Crippen LogP contribution in [0.4, 0.5) is 5.69 Å². The third-order valence-corrected chi connectivity index (χ3v) is 6.80. The van der Waals surface area contributed by atoms with Crippen LogP contribution in [-0.2, 0) is 14.3 Å². The van der Waals surface area contributed by atoms with E-state index < -0.39 is 24.5 Å². The number of aryl methyl sites for hydroxylation is 1. The van der Waals surface area contributed by atoms with Gasteiger partial charge in [-0.15, -0.1) is 0 Å². The van der Waals surface area contributed by atoms with Crippen LogP contribution in [0.2, 0.25) is 0 Å². The quantitative estimate of drug-likeness (QED) is 0.529. The fourth-order valence-electron chi connectivity index (χ4n) is 4.57. The van der Waals surface area contributed by atoms with Gasteiger partial charge in [0.25, 0.3) is 5.91 Å². The van der Waals surface area contributed by atoms with Crippen LogP contribution in [0.25, 0.3) is 0 Å². The lowest BCUT2D eigenvalue weighted by molar-refractivity contribution is -0.119. The molecule has 1 aliphatic rings. The highest BCUT2D eigenvalue weighted by atomic mass is 16.5. The van der Waals surface area contributed by atoms with Crippen molar-refractivity contribution in [2.45, 2.75) is 60.0 Å². The Morgan fingerprint density at radius 2 is 1.65 bits per heavy atom. The van der Waals surface area contributed by atoms with Crippen molar-refractivity contribution in [2.75, 3.05) is 11.9 Å². The molecular formula is C28H35NO5. The van der Waals surface area contributed by atoms with Gasteiger partial charge in [-0.2, -0.15) is 0 Å². The summed E-state index contributed by atoms with van der Waals surface area (Å²) in [4.78, 5) is 38.2. The number of carbonyl (C=O) groups is 3. The molecule has 0 unspecified atom stereocenters. The molecule has 1 fully saturated rings. The van der Waals surface area contributed by atoms with Crippen molar-refractivity contribution in [3.05, 3.63) is 64.7 Å². The van der Waals surface area contributed by atoms with Gasteiger partial charge in [-0.25, -0.2) is 9.59 Å². The monoisotopic (exact) mass is 465 g/mol. The van der Waals surface area contributed by atoms with Crippen LogP contribution in [-0.4, -0.2) is 30.6 Å². The Balaban J connectivity index is 1.65. The van der Waals surface area contributed by atoms with E-state index in [1.165, 1.54) is 6.07 Å². The maximum atomic E-state index is 13.1. The summed E-state index contributed by atoms with van der Waals surface area (Å²) in [6.45, 7) is 9.89. The molecule has 3 rings (SSSR count). The fourth-order valence-corrected chi connectivity index (χ4v) is 4.57. The predicted octanol–water partition coefficient (Wildman–Crippen LogP) is 5.72. The number of hydrogen-bond acceptors (Lipinski definition) is 5. The second-order valence-electron chi connectivity index (χ2n) is 9.69. The van der Waals surface area contributed by atoms with E-state index in [4.69, 9.17) is 9.47 Å². The van der Waals surface area contributed by atoms with Crippen LogP contribution in [0.3, 0.4) is 0 Å². The summed E-state index contributed by atoms with van der Waals surface area (Å²) < 4.78 is 11.1. The Bertz CT molecular complexity index is 1040. The minimum Gasteiger partial charge on any atom is -0.458 e. The lowest BCUT2D eigenvalue weighted by Crippen LogP contribution is -2.36. The summed E-state index contributed by atoms with van der Waals surface area (Å²) in [5, 5.41) is 2.76. The van der Waals surface area contributed by atoms with Gasteiger partial charge in [0.05, 0.1) is 11.1 Å². The van der Waals surface area contributed by atoms with E-state index in [2.05, 4.69) is 26.1 Å². The largest absolute Gasteiger partial charge is 0.458 e. The average Bonchev–Trinajstić information content (AvgIpc) is 2.80. The number of ether oxygens (including phenoxy) is 2. The first-order valence-corrected chi connectivity index (χ1v) is 12.0. The van der Waals surface area contributed by atoms with Crippen LogP contribution >= 0.6 is 0 Å². The standard InChI is InChI=1S/C28H35NO5/c1-17(2)21-14-13-18(3)15-25(21)34-28(32)23-11-7-6-10-22(23)27(31)33-16-26(30)29-24-12-8-9-19(4)20(24)5/h6-12,17-18,21,25H,13-16H2,1-5H3,(H,29,30)/t18-,21-,25+/m0/s1. The highest BCUT2D eigenvalue weighted by Gasteiger charge is 2.34. The molecule has 1 amide bonds. The van der Waals surface area contributed by atoms with Gasteiger partial charge < -0.3 is 14.8 Å². The van der Waals surface area contributed by atoms with Gasteiger partial charge in [-0.3, -0.25) is 4.79 Å². The Morgan fingerprint density at radius 1 is 0.971 bits per heavy atom. The molecule has 3 atom stereocenters. The number of amides is 1. The number of benzene rings is 2. The van der Waals surface area contributed by atoms with Gasteiger partial charge in [-0.1, -0.05) is 51.5 Å². The smallest absolute Gasteiger partial charge is 0.339 e. The molecule has 182 valence electrons. The van der Waals surface area contributed by atoms with Crippen LogP contribution < -0.4 is 5.32 Å². The van der Waals surface area contributed by atoms with E-state index in [0.717, 1.165) is 30.4 Å². The number of anilines is 1. The molecule has 1 aliphatic carbocycles. The first-order chi connectivity index (χ1) is 16.2. The molecule has 34 heavy (non-hydrogen) atoms. The molecule has 0 aliphatic heterocycles. The number of esters is 2. The second kappa shape index (κ2) is 11.3. The van der Waals surface area contributed by atoms with Crippen LogP contribution in [0, 0.1) is 31.6 Å². The number of rotatable bonds is 7. The molecule has 0 bridgehead atoms. The normalized spacial score (nSPS) is 20.0. The zero-order chi connectivity index (χ0) is 24.8. The number of carbonyl (C=O) groups excluding carboxylic acids is 3. The van der Waals surface area contributed by atoms with E-state index in [9.17, 15) is 14.4 Å². The van der Waals surface area contributed by atoms with E-state index in [1.807, 2.05) is 26.0 Å². The third kappa shape index (κ3) is 6.25. The van der Waals surface area contributed by atoms with Crippen LogP contribution in [0.1, 0.15) is 71.9 Å². The molecule has 1 saturated carbocycles. The lowest BCUT2D eigenvalue weighted by atomic mass is 9.75. The summed E-state index contributed by atoms with van der Waals surface area (Å²) in [5.41, 5.74) is 2.92. The van der Waals surface area contributed by atoms with Gasteiger partial charge in [0, 0.05) is 5.69 Å². The SMILES string of the molecule is Cc1cccc(NC(=O)COC(=O)c2ccccc2C(=O)O[C@@H]2C[C@@H](C)CC[C@H]2C(C)C)c1C. The summed E-state index contributed by atoms with van der Waals surface area (Å²) in [6, 6.07) is 12.0. The lowest BCUT2D eigenvalue weighted by Gasteiger charge is -2.36. The first-order valence-electron chi connectivity index (χ1n) is 12.0. The van der Waals surface area contributed by atoms with Gasteiger partial charge in [0.1, 0.15) is 6.10 Å². The van der Waals surface area contributed by atoms with Crippen molar-refractivity contribution in [1.82, 2.24) is 0 Å². The molecule has 2 aromatic carbocycles. The molecular weight excluding hydrogens is 430 g/mol. The van der Waals surface area contributed by atoms with Crippen molar-refractivity contribution in [2.24, 2.45) is 17.8 Å². The zero-order valence-electron chi connectivity index (χ0n) is 20.7. The van der Waals surface area contributed by atoms with Crippen molar-refractivity contribution in [3.8, 4) is 0 Å². The zero-order valence-corrected chi connectivity index (χ0v) is 20.7. The summed E-state index contributed by atoms with van der Waals surface area (Å²) in [6.07, 6.45) is 2.79. The predicted molar refractivity (Wildman–Crippen MR) is 132 cm³/mol. The fraction of sp³-hybridized carbons (Fsp3) is 0.464. The third-order valence-electron chi connectivity index (χ3n) is 6.80. The summed E-state index contributed by atoms with van der Waals surface area (Å²) in [5.74, 6) is -0.519. The molecule has 6 nitrogen and oxygen atoms in total. The van der Waals surface area contributed by atoms with E-state index in [-0.39, 0.29) is 17.2 Å². The van der Waals surface area contributed by atoms with Gasteiger partial charge in [0.2, 0.25) is 0 Å². The van der Waals surface area contributed by atoms with Crippen molar-refractivity contribution >= 4 is 23.5 Å². The Labute approximate surface area is 202 Å². The molecule has 0 spiro atoms. The molecule has 0 heterocycles. The van der Waals surface area contributed by atoms with Crippen molar-refractivity contribution in [3.63, 3.8) is 0 Å². The number of hydrogen-bond donors (Lipinski definition) is 1. The summed E-state index contributed by atoms with van der Waals surface area (Å²) in [7, 11) is 0. The van der Waals surface area contributed by atoms with Crippen molar-refractivity contribution in [1.29, 1.82) is 0 Å². The van der Waals surface area contributed by atoms with Crippen LogP contribution in [0.15, 0.2) is 42.5 Å². The maximum Gasteiger partial charge on any atom is 0.339 e. The molecule has 1 N–H and O–H groups in total. The van der Waals surface area contributed by atoms with E-state index >= 15 is 0 Å². The highest BCUT2D eigenvalue weighted by Crippen LogP contribution is 2.36. The van der Waals surface area contributed by atoms with Crippen molar-refractivity contribution < 1.29 is 23.9 Å². The minimum absolute atomic E-state index is 0.0944. The average molecular weight is 466 g/mol.